The molecule has 0 bridgehead atoms. The Hall–Kier alpha value is -0.830. The van der Waals surface area contributed by atoms with Crippen LogP contribution in [0.15, 0.2) is 12.2 Å². The van der Waals surface area contributed by atoms with Crippen molar-refractivity contribution in [2.24, 2.45) is 11.8 Å². The molecule has 1 rings (SSSR count). The van der Waals surface area contributed by atoms with Crippen LogP contribution >= 0.6 is 0 Å². The van der Waals surface area contributed by atoms with Crippen LogP contribution in [0, 0.1) is 11.8 Å². The molecule has 1 fully saturated rings. The van der Waals surface area contributed by atoms with Gasteiger partial charge in [-0.2, -0.15) is 0 Å². The van der Waals surface area contributed by atoms with Gasteiger partial charge in [0, 0.05) is 6.42 Å². The number of allylic oxidation sites excluding steroid dienone is 2. The van der Waals surface area contributed by atoms with Crippen LogP contribution in [0.5, 0.6) is 0 Å². The predicted octanol–water partition coefficient (Wildman–Crippen LogP) is 2.29. The van der Waals surface area contributed by atoms with E-state index in [1.807, 2.05) is 0 Å². The average molecular weight is 226 g/mol. The molecule has 92 valence electrons. The van der Waals surface area contributed by atoms with E-state index in [-0.39, 0.29) is 23.9 Å². The van der Waals surface area contributed by atoms with Gasteiger partial charge in [-0.25, -0.2) is 0 Å². The Morgan fingerprint density at radius 2 is 2.19 bits per heavy atom. The maximum absolute atomic E-state index is 11.2. The fraction of sp³-hybridized carbons (Fsp3) is 0.769. The highest BCUT2D eigenvalue weighted by Crippen LogP contribution is 2.37. The largest absolute Gasteiger partial charge is 0.469 e. The molecule has 0 radical (unpaired) electrons. The number of aliphatic hydroxyl groups excluding tert-OH is 1. The summed E-state index contributed by atoms with van der Waals surface area (Å²) in [4.78, 5) is 11.2. The number of carbonyl (C=O) groups excluding carboxylic acids is 1. The van der Waals surface area contributed by atoms with Gasteiger partial charge in [-0.05, 0) is 37.5 Å². The third-order valence-corrected chi connectivity index (χ3v) is 3.40. The van der Waals surface area contributed by atoms with Crippen molar-refractivity contribution in [3.05, 3.63) is 12.2 Å². The molecule has 0 amide bonds. The summed E-state index contributed by atoms with van der Waals surface area (Å²) in [7, 11) is 1.42. The quantitative estimate of drug-likeness (QED) is 0.578. The van der Waals surface area contributed by atoms with E-state index in [1.165, 1.54) is 7.11 Å². The number of carbonyl (C=O) groups is 1. The van der Waals surface area contributed by atoms with Gasteiger partial charge in [0.2, 0.25) is 0 Å². The molecule has 3 nitrogen and oxygen atoms in total. The van der Waals surface area contributed by atoms with Crippen LogP contribution in [0.4, 0.5) is 0 Å². The molecule has 0 aromatic carbocycles. The van der Waals surface area contributed by atoms with E-state index < -0.39 is 0 Å². The Balaban J connectivity index is 2.48. The minimum atomic E-state index is -0.254. The van der Waals surface area contributed by atoms with E-state index in [0.717, 1.165) is 25.7 Å². The standard InChI is InChI=1S/C13H22O3/c1-3-4-5-6-11-10(7-8-12(11)14)9-13(15)16-2/h4-5,10-12,14H,3,6-9H2,1-2H3/b5-4-/t10-,11-,12?/m1/s1. The van der Waals surface area contributed by atoms with E-state index in [0.29, 0.717) is 6.42 Å². The second-order valence-corrected chi connectivity index (χ2v) is 4.46. The Bertz CT molecular complexity index is 248. The maximum atomic E-state index is 11.2. The Kier molecular flexibility index (Phi) is 5.53. The van der Waals surface area contributed by atoms with Crippen LogP contribution in [-0.4, -0.2) is 24.3 Å². The van der Waals surface area contributed by atoms with Crippen LogP contribution in [0.25, 0.3) is 0 Å². The maximum Gasteiger partial charge on any atom is 0.305 e. The van der Waals surface area contributed by atoms with Crippen molar-refractivity contribution >= 4 is 5.97 Å². The van der Waals surface area contributed by atoms with Gasteiger partial charge >= 0.3 is 5.97 Å². The lowest BCUT2D eigenvalue weighted by Gasteiger charge is -2.19. The normalized spacial score (nSPS) is 29.8. The van der Waals surface area contributed by atoms with E-state index in [9.17, 15) is 9.90 Å². The number of methoxy groups -OCH3 is 1. The fourth-order valence-corrected chi connectivity index (χ4v) is 2.45. The topological polar surface area (TPSA) is 46.5 Å². The SMILES string of the molecule is CC/C=C\C[C@H]1C(O)CC[C@@H]1CC(=O)OC. The summed E-state index contributed by atoms with van der Waals surface area (Å²) in [5, 5.41) is 9.86. The van der Waals surface area contributed by atoms with Crippen molar-refractivity contribution in [1.82, 2.24) is 0 Å². The second-order valence-electron chi connectivity index (χ2n) is 4.46. The molecule has 16 heavy (non-hydrogen) atoms. The van der Waals surface area contributed by atoms with E-state index in [2.05, 4.69) is 23.8 Å². The van der Waals surface area contributed by atoms with Crippen LogP contribution < -0.4 is 0 Å². The van der Waals surface area contributed by atoms with Gasteiger partial charge in [0.15, 0.2) is 0 Å². The lowest BCUT2D eigenvalue weighted by atomic mass is 9.89. The van der Waals surface area contributed by atoms with E-state index in [4.69, 9.17) is 0 Å². The zero-order chi connectivity index (χ0) is 12.0. The smallest absolute Gasteiger partial charge is 0.305 e. The molecular formula is C13H22O3. The lowest BCUT2D eigenvalue weighted by Crippen LogP contribution is -2.21. The number of hydrogen-bond acceptors (Lipinski definition) is 3. The Morgan fingerprint density at radius 1 is 1.44 bits per heavy atom. The number of rotatable bonds is 5. The van der Waals surface area contributed by atoms with Crippen molar-refractivity contribution < 1.29 is 14.6 Å². The fourth-order valence-electron chi connectivity index (χ4n) is 2.45. The molecule has 0 spiro atoms. The third-order valence-electron chi connectivity index (χ3n) is 3.40. The Morgan fingerprint density at radius 3 is 2.81 bits per heavy atom. The molecule has 0 heterocycles. The molecule has 3 atom stereocenters. The minimum absolute atomic E-state index is 0.163. The summed E-state index contributed by atoms with van der Waals surface area (Å²) in [5.74, 6) is 0.342. The molecule has 1 aliphatic carbocycles. The van der Waals surface area contributed by atoms with Gasteiger partial charge in [-0.15, -0.1) is 0 Å². The van der Waals surface area contributed by atoms with Gasteiger partial charge in [-0.3, -0.25) is 4.79 Å². The van der Waals surface area contributed by atoms with Crippen molar-refractivity contribution in [1.29, 1.82) is 0 Å². The first-order valence-electron chi connectivity index (χ1n) is 6.08. The highest BCUT2D eigenvalue weighted by molar-refractivity contribution is 5.69. The summed E-state index contributed by atoms with van der Waals surface area (Å²) in [6.45, 7) is 2.09. The molecule has 0 aliphatic heterocycles. The summed E-state index contributed by atoms with van der Waals surface area (Å²) < 4.78 is 4.68. The van der Waals surface area contributed by atoms with Gasteiger partial charge in [-0.1, -0.05) is 19.1 Å². The molecule has 1 unspecified atom stereocenters. The summed E-state index contributed by atoms with van der Waals surface area (Å²) in [5.41, 5.74) is 0. The molecule has 1 aliphatic rings. The third kappa shape index (κ3) is 3.63. The van der Waals surface area contributed by atoms with Crippen molar-refractivity contribution in [3.63, 3.8) is 0 Å². The van der Waals surface area contributed by atoms with E-state index in [1.54, 1.807) is 0 Å². The Labute approximate surface area is 97.5 Å². The molecular weight excluding hydrogens is 204 g/mol. The first-order valence-corrected chi connectivity index (χ1v) is 6.08. The predicted molar refractivity (Wildman–Crippen MR) is 62.9 cm³/mol. The lowest BCUT2D eigenvalue weighted by molar-refractivity contribution is -0.142. The molecule has 1 N–H and O–H groups in total. The zero-order valence-electron chi connectivity index (χ0n) is 10.2. The van der Waals surface area contributed by atoms with Crippen LogP contribution in [0.1, 0.15) is 39.0 Å². The molecule has 0 aromatic heterocycles. The highest BCUT2D eigenvalue weighted by Gasteiger charge is 2.35. The van der Waals surface area contributed by atoms with Crippen LogP contribution in [0.2, 0.25) is 0 Å². The molecule has 1 saturated carbocycles. The first-order chi connectivity index (χ1) is 7.69. The molecule has 0 saturated heterocycles. The number of hydrogen-bond donors (Lipinski definition) is 1. The highest BCUT2D eigenvalue weighted by atomic mass is 16.5. The van der Waals surface area contributed by atoms with Crippen molar-refractivity contribution in [3.8, 4) is 0 Å². The molecule has 3 heteroatoms. The minimum Gasteiger partial charge on any atom is -0.469 e. The summed E-state index contributed by atoms with van der Waals surface area (Å²) in [6.07, 6.45) is 8.05. The van der Waals surface area contributed by atoms with Gasteiger partial charge in [0.1, 0.15) is 0 Å². The van der Waals surface area contributed by atoms with Crippen molar-refractivity contribution in [2.75, 3.05) is 7.11 Å². The van der Waals surface area contributed by atoms with Gasteiger partial charge < -0.3 is 9.84 Å². The number of ether oxygens (including phenoxy) is 1. The van der Waals surface area contributed by atoms with Gasteiger partial charge in [0.05, 0.1) is 13.2 Å². The summed E-state index contributed by atoms with van der Waals surface area (Å²) in [6, 6.07) is 0. The average Bonchev–Trinajstić information content (AvgIpc) is 2.61. The monoisotopic (exact) mass is 226 g/mol. The van der Waals surface area contributed by atoms with Crippen molar-refractivity contribution in [2.45, 2.75) is 45.1 Å². The number of aliphatic hydroxyl groups is 1. The van der Waals surface area contributed by atoms with Gasteiger partial charge in [0.25, 0.3) is 0 Å². The van der Waals surface area contributed by atoms with Crippen LogP contribution in [-0.2, 0) is 9.53 Å². The summed E-state index contributed by atoms with van der Waals surface area (Å²) >= 11 is 0. The second kappa shape index (κ2) is 6.69. The van der Waals surface area contributed by atoms with E-state index >= 15 is 0 Å². The van der Waals surface area contributed by atoms with Crippen LogP contribution in [0.3, 0.4) is 0 Å². The molecule has 0 aromatic rings. The zero-order valence-corrected chi connectivity index (χ0v) is 10.2. The first kappa shape index (κ1) is 13.2. The number of esters is 1.